The van der Waals surface area contributed by atoms with E-state index < -0.39 is 22.9 Å². The minimum Gasteiger partial charge on any atom is -0.390 e. The van der Waals surface area contributed by atoms with Crippen LogP contribution >= 0.6 is 22.4 Å². The molecule has 3 atom stereocenters. The number of carbonyl (C=O) groups is 1. The number of anilines is 2. The molecule has 1 saturated heterocycles. The first-order valence-corrected chi connectivity index (χ1v) is 16.9. The van der Waals surface area contributed by atoms with E-state index in [0.29, 0.717) is 54.0 Å². The van der Waals surface area contributed by atoms with Crippen LogP contribution in [0.4, 0.5) is 11.4 Å². The van der Waals surface area contributed by atoms with Gasteiger partial charge in [-0.05, 0) is 81.3 Å². The zero-order valence-electron chi connectivity index (χ0n) is 24.9. The number of aliphatic hydroxyl groups is 1. The standard InChI is InChI=1S/C31H49ClN4O4S/c1-5-33-27-18-25(19-28(20-27)36-14-6-7-15-41(36,39)40)31(38)35-29(17-24-12-9-13-26(32)16-24)30(37)21-34-23(4)11-8-10-22(2)3/h9,12-13,16,18-20,22-23,29-30,33-34,37,39-40H,5-8,10-11,14-15,17,21H2,1-4H3,(H,35,38)/t23?,29-,30+/m0/s1. The smallest absolute Gasteiger partial charge is 0.251 e. The lowest BCUT2D eigenvalue weighted by atomic mass is 9.99. The largest absolute Gasteiger partial charge is 0.390 e. The molecule has 0 spiro atoms. The molecule has 0 bridgehead atoms. The van der Waals surface area contributed by atoms with Crippen molar-refractivity contribution < 1.29 is 19.0 Å². The highest BCUT2D eigenvalue weighted by molar-refractivity contribution is 8.25. The minimum atomic E-state index is -2.95. The normalized spacial score (nSPS) is 18.0. The Labute approximate surface area is 252 Å². The van der Waals surface area contributed by atoms with Gasteiger partial charge in [-0.2, -0.15) is 0 Å². The second kappa shape index (κ2) is 16.0. The van der Waals surface area contributed by atoms with Crippen molar-refractivity contribution in [3.8, 4) is 0 Å². The highest BCUT2D eigenvalue weighted by atomic mass is 35.5. The zero-order valence-corrected chi connectivity index (χ0v) is 26.5. The van der Waals surface area contributed by atoms with E-state index in [2.05, 4.69) is 36.7 Å². The molecule has 2 aromatic rings. The van der Waals surface area contributed by atoms with Crippen molar-refractivity contribution in [3.63, 3.8) is 0 Å². The molecule has 1 heterocycles. The summed E-state index contributed by atoms with van der Waals surface area (Å²) in [6, 6.07) is 12.4. The number of nitrogens with one attached hydrogen (secondary N) is 3. The molecule has 2 aromatic carbocycles. The topological polar surface area (TPSA) is 117 Å². The van der Waals surface area contributed by atoms with Gasteiger partial charge in [0.05, 0.1) is 23.6 Å². The molecule has 0 radical (unpaired) electrons. The molecule has 3 rings (SSSR count). The van der Waals surface area contributed by atoms with Gasteiger partial charge >= 0.3 is 0 Å². The number of carbonyl (C=O) groups excluding carboxylic acids is 1. The van der Waals surface area contributed by atoms with E-state index in [1.807, 2.05) is 31.2 Å². The van der Waals surface area contributed by atoms with Crippen LogP contribution in [0.3, 0.4) is 0 Å². The summed E-state index contributed by atoms with van der Waals surface area (Å²) < 4.78 is 23.1. The minimum absolute atomic E-state index is 0.245. The van der Waals surface area contributed by atoms with E-state index in [4.69, 9.17) is 11.6 Å². The summed E-state index contributed by atoms with van der Waals surface area (Å²) in [5.74, 6) is 0.645. The number of hydrogen-bond acceptors (Lipinski definition) is 7. The van der Waals surface area contributed by atoms with Crippen LogP contribution in [0.25, 0.3) is 0 Å². The summed E-state index contributed by atoms with van der Waals surface area (Å²) >= 11 is 6.23. The molecule has 8 nitrogen and oxygen atoms in total. The lowest BCUT2D eigenvalue weighted by Crippen LogP contribution is -2.49. The van der Waals surface area contributed by atoms with E-state index in [9.17, 15) is 19.0 Å². The van der Waals surface area contributed by atoms with E-state index in [-0.39, 0.29) is 11.9 Å². The van der Waals surface area contributed by atoms with Crippen LogP contribution in [-0.2, 0) is 6.42 Å². The van der Waals surface area contributed by atoms with Crippen LogP contribution in [0.2, 0.25) is 5.02 Å². The lowest BCUT2D eigenvalue weighted by molar-refractivity contribution is 0.0825. The van der Waals surface area contributed by atoms with Crippen LogP contribution < -0.4 is 20.3 Å². The average molecular weight is 609 g/mol. The third-order valence-corrected chi connectivity index (χ3v) is 9.62. The van der Waals surface area contributed by atoms with Gasteiger partial charge < -0.3 is 21.1 Å². The van der Waals surface area contributed by atoms with Crippen LogP contribution in [0.5, 0.6) is 0 Å². The number of halogens is 1. The number of amides is 1. The van der Waals surface area contributed by atoms with Gasteiger partial charge in [-0.1, -0.05) is 50.4 Å². The monoisotopic (exact) mass is 608 g/mol. The second-order valence-corrected chi connectivity index (χ2v) is 14.1. The first kappa shape index (κ1) is 33.5. The molecule has 0 aliphatic carbocycles. The molecule has 0 aromatic heterocycles. The van der Waals surface area contributed by atoms with Crippen molar-refractivity contribution in [2.24, 2.45) is 5.92 Å². The Hall–Kier alpha value is -2.01. The summed E-state index contributed by atoms with van der Waals surface area (Å²) in [5, 5.41) is 21.6. The van der Waals surface area contributed by atoms with Crippen molar-refractivity contribution in [3.05, 3.63) is 58.6 Å². The van der Waals surface area contributed by atoms with Gasteiger partial charge in [0.15, 0.2) is 0 Å². The molecule has 1 unspecified atom stereocenters. The summed E-state index contributed by atoms with van der Waals surface area (Å²) in [6.07, 6.45) is 4.48. The third-order valence-electron chi connectivity index (χ3n) is 7.45. The first-order chi connectivity index (χ1) is 19.5. The summed E-state index contributed by atoms with van der Waals surface area (Å²) in [7, 11) is -2.95. The number of benzene rings is 2. The molecule has 0 saturated carbocycles. The maximum atomic E-state index is 13.7. The van der Waals surface area contributed by atoms with Gasteiger partial charge in [0.2, 0.25) is 0 Å². The number of aliphatic hydroxyl groups excluding tert-OH is 1. The van der Waals surface area contributed by atoms with Crippen molar-refractivity contribution in [1.82, 2.24) is 10.6 Å². The first-order valence-electron chi connectivity index (χ1n) is 14.9. The molecule has 1 fully saturated rings. The second-order valence-electron chi connectivity index (χ2n) is 11.6. The summed E-state index contributed by atoms with van der Waals surface area (Å²) in [4.78, 5) is 13.7. The fraction of sp³-hybridized carbons (Fsp3) is 0.581. The Balaban J connectivity index is 1.80. The number of rotatable bonds is 15. The Kier molecular flexibility index (Phi) is 13.1. The van der Waals surface area contributed by atoms with Gasteiger partial charge in [0, 0.05) is 41.9 Å². The van der Waals surface area contributed by atoms with Crippen LogP contribution in [0.1, 0.15) is 75.7 Å². The number of hydrogen-bond donors (Lipinski definition) is 6. The van der Waals surface area contributed by atoms with E-state index in [0.717, 1.165) is 36.9 Å². The Morgan fingerprint density at radius 2 is 1.88 bits per heavy atom. The molecule has 1 amide bonds. The average Bonchev–Trinajstić information content (AvgIpc) is 2.91. The van der Waals surface area contributed by atoms with Crippen molar-refractivity contribution in [1.29, 1.82) is 0 Å². The number of nitrogens with zero attached hydrogens (tertiary/aromatic N) is 1. The fourth-order valence-electron chi connectivity index (χ4n) is 5.15. The molecule has 1 aliphatic heterocycles. The molecule has 10 heteroatoms. The van der Waals surface area contributed by atoms with Crippen LogP contribution in [0, 0.1) is 5.92 Å². The quantitative estimate of drug-likeness (QED) is 0.136. The van der Waals surface area contributed by atoms with Crippen molar-refractivity contribution in [2.45, 2.75) is 84.4 Å². The molecular weight excluding hydrogens is 560 g/mol. The molecule has 41 heavy (non-hydrogen) atoms. The van der Waals surface area contributed by atoms with Crippen molar-refractivity contribution >= 4 is 39.7 Å². The predicted molar refractivity (Wildman–Crippen MR) is 173 cm³/mol. The molecule has 1 aliphatic rings. The van der Waals surface area contributed by atoms with E-state index in [1.165, 1.54) is 6.42 Å². The molecule has 230 valence electrons. The maximum Gasteiger partial charge on any atom is 0.251 e. The predicted octanol–water partition coefficient (Wildman–Crippen LogP) is 6.54. The maximum absolute atomic E-state index is 13.7. The Morgan fingerprint density at radius 1 is 1.10 bits per heavy atom. The summed E-state index contributed by atoms with van der Waals surface area (Å²) in [6.45, 7) is 10.0. The van der Waals surface area contributed by atoms with E-state index >= 15 is 0 Å². The molecule has 6 N–H and O–H groups in total. The molecular formula is C31H49ClN4O4S. The summed E-state index contributed by atoms with van der Waals surface area (Å²) in [5.41, 5.74) is 2.62. The van der Waals surface area contributed by atoms with Crippen LogP contribution in [-0.4, -0.2) is 63.7 Å². The van der Waals surface area contributed by atoms with E-state index in [1.54, 1.807) is 22.5 Å². The highest BCUT2D eigenvalue weighted by Gasteiger charge is 2.29. The zero-order chi connectivity index (χ0) is 30.0. The fourth-order valence-corrected chi connectivity index (χ4v) is 7.04. The third kappa shape index (κ3) is 10.6. The highest BCUT2D eigenvalue weighted by Crippen LogP contribution is 2.50. The van der Waals surface area contributed by atoms with Gasteiger partial charge in [0.1, 0.15) is 0 Å². The van der Waals surface area contributed by atoms with Crippen molar-refractivity contribution in [2.75, 3.05) is 35.0 Å². The Bertz CT molecular complexity index is 1120. The van der Waals surface area contributed by atoms with Gasteiger partial charge in [-0.3, -0.25) is 18.2 Å². The Morgan fingerprint density at radius 3 is 2.56 bits per heavy atom. The van der Waals surface area contributed by atoms with Gasteiger partial charge in [0.25, 0.3) is 5.91 Å². The van der Waals surface area contributed by atoms with Gasteiger partial charge in [-0.25, -0.2) is 0 Å². The van der Waals surface area contributed by atoms with Crippen LogP contribution in [0.15, 0.2) is 42.5 Å². The van der Waals surface area contributed by atoms with Gasteiger partial charge in [-0.15, -0.1) is 10.8 Å². The SMILES string of the molecule is CCNc1cc(C(=O)N[C@@H](Cc2cccc(Cl)c2)[C@H](O)CNC(C)CCCC(C)C)cc(N2CCCCS2(O)O)c1. The lowest BCUT2D eigenvalue weighted by Gasteiger charge is -2.47.